The van der Waals surface area contributed by atoms with Gasteiger partial charge in [-0.05, 0) is 23.8 Å². The molecule has 1 aliphatic carbocycles. The molecule has 1 aromatic carbocycles. The van der Waals surface area contributed by atoms with E-state index >= 15 is 0 Å². The van der Waals surface area contributed by atoms with E-state index in [0.717, 1.165) is 15.6 Å². The van der Waals surface area contributed by atoms with E-state index in [1.54, 1.807) is 6.08 Å². The number of carbonyl (C=O) groups excluding carboxylic acids is 1. The molecule has 0 spiro atoms. The minimum Gasteiger partial charge on any atom is -0.289 e. The van der Waals surface area contributed by atoms with Crippen LogP contribution in [0, 0.1) is 0 Å². The van der Waals surface area contributed by atoms with Gasteiger partial charge < -0.3 is 0 Å². The molecule has 0 unspecified atom stereocenters. The van der Waals surface area contributed by atoms with Crippen molar-refractivity contribution in [3.8, 4) is 0 Å². The SMILES string of the molecule is CC1(C)C=CC(=O)c2cc(Br)ccc21. The summed E-state index contributed by atoms with van der Waals surface area (Å²) in [5.41, 5.74) is 1.88. The van der Waals surface area contributed by atoms with Crippen LogP contribution in [0.3, 0.4) is 0 Å². The number of fused-ring (bicyclic) bond motifs is 1. The van der Waals surface area contributed by atoms with Crippen molar-refractivity contribution in [2.75, 3.05) is 0 Å². The first-order valence-electron chi connectivity index (χ1n) is 4.54. The molecule has 0 radical (unpaired) electrons. The highest BCUT2D eigenvalue weighted by atomic mass is 79.9. The van der Waals surface area contributed by atoms with Gasteiger partial charge in [-0.25, -0.2) is 0 Å². The van der Waals surface area contributed by atoms with Crippen LogP contribution in [-0.4, -0.2) is 5.78 Å². The normalized spacial score (nSPS) is 18.1. The second-order valence-corrected chi connectivity index (χ2v) is 5.02. The first-order valence-corrected chi connectivity index (χ1v) is 5.33. The maximum Gasteiger partial charge on any atom is 0.185 e. The average Bonchev–Trinajstić information content (AvgIpc) is 2.12. The number of rotatable bonds is 0. The molecule has 1 aliphatic rings. The minimum absolute atomic E-state index is 0.0378. The van der Waals surface area contributed by atoms with E-state index in [-0.39, 0.29) is 11.2 Å². The van der Waals surface area contributed by atoms with Crippen molar-refractivity contribution in [2.45, 2.75) is 19.3 Å². The second kappa shape index (κ2) is 3.06. The summed E-state index contributed by atoms with van der Waals surface area (Å²) in [6.07, 6.45) is 3.63. The Balaban J connectivity index is 2.69. The van der Waals surface area contributed by atoms with Crippen molar-refractivity contribution in [3.05, 3.63) is 46.0 Å². The van der Waals surface area contributed by atoms with Gasteiger partial charge >= 0.3 is 0 Å². The monoisotopic (exact) mass is 250 g/mol. The van der Waals surface area contributed by atoms with Gasteiger partial charge in [0.05, 0.1) is 0 Å². The second-order valence-electron chi connectivity index (χ2n) is 4.11. The molecule has 0 heterocycles. The van der Waals surface area contributed by atoms with Crippen molar-refractivity contribution in [1.82, 2.24) is 0 Å². The maximum absolute atomic E-state index is 11.6. The Hall–Kier alpha value is -0.890. The molecule has 14 heavy (non-hydrogen) atoms. The molecule has 2 heteroatoms. The minimum atomic E-state index is -0.0378. The zero-order valence-corrected chi connectivity index (χ0v) is 9.76. The third-order valence-electron chi connectivity index (χ3n) is 2.59. The summed E-state index contributed by atoms with van der Waals surface area (Å²) >= 11 is 3.38. The molecular formula is C12H11BrO. The van der Waals surface area contributed by atoms with Crippen molar-refractivity contribution in [2.24, 2.45) is 0 Å². The van der Waals surface area contributed by atoms with Crippen molar-refractivity contribution in [1.29, 1.82) is 0 Å². The lowest BCUT2D eigenvalue weighted by atomic mass is 9.77. The fourth-order valence-electron chi connectivity index (χ4n) is 1.75. The molecule has 0 saturated carbocycles. The van der Waals surface area contributed by atoms with Crippen molar-refractivity contribution >= 4 is 21.7 Å². The largest absolute Gasteiger partial charge is 0.289 e. The third-order valence-corrected chi connectivity index (χ3v) is 3.09. The van der Waals surface area contributed by atoms with Gasteiger partial charge in [0.25, 0.3) is 0 Å². The number of hydrogen-bond acceptors (Lipinski definition) is 1. The van der Waals surface area contributed by atoms with Crippen LogP contribution in [0.1, 0.15) is 29.8 Å². The summed E-state index contributed by atoms with van der Waals surface area (Å²) in [6.45, 7) is 4.23. The summed E-state index contributed by atoms with van der Waals surface area (Å²) in [7, 11) is 0. The molecule has 1 aromatic rings. The molecule has 0 atom stereocenters. The van der Waals surface area contributed by atoms with Gasteiger partial charge in [0.15, 0.2) is 5.78 Å². The predicted molar refractivity (Wildman–Crippen MR) is 60.6 cm³/mol. The Morgan fingerprint density at radius 3 is 2.71 bits per heavy atom. The van der Waals surface area contributed by atoms with Gasteiger partial charge in [-0.1, -0.05) is 41.9 Å². The van der Waals surface area contributed by atoms with E-state index in [1.807, 2.05) is 24.3 Å². The van der Waals surface area contributed by atoms with Crippen LogP contribution in [0.5, 0.6) is 0 Å². The quantitative estimate of drug-likeness (QED) is 0.689. The maximum atomic E-state index is 11.6. The lowest BCUT2D eigenvalue weighted by molar-refractivity contribution is 0.104. The number of hydrogen-bond donors (Lipinski definition) is 0. The fourth-order valence-corrected chi connectivity index (χ4v) is 2.11. The summed E-state index contributed by atoms with van der Waals surface area (Å²) in [6, 6.07) is 5.89. The molecule has 0 N–H and O–H groups in total. The Morgan fingerprint density at radius 1 is 1.29 bits per heavy atom. The Bertz CT molecular complexity index is 430. The van der Waals surface area contributed by atoms with Gasteiger partial charge in [0.1, 0.15) is 0 Å². The van der Waals surface area contributed by atoms with E-state index in [9.17, 15) is 4.79 Å². The van der Waals surface area contributed by atoms with Gasteiger partial charge in [-0.3, -0.25) is 4.79 Å². The lowest BCUT2D eigenvalue weighted by Gasteiger charge is -2.26. The molecule has 0 fully saturated rings. The standard InChI is InChI=1S/C12H11BrO/c1-12(2)6-5-11(14)9-7-8(13)3-4-10(9)12/h3-7H,1-2H3. The molecule has 1 nitrogen and oxygen atoms in total. The predicted octanol–water partition coefficient (Wildman–Crippen LogP) is 3.48. The zero-order chi connectivity index (χ0) is 10.3. The van der Waals surface area contributed by atoms with Crippen LogP contribution in [0.25, 0.3) is 0 Å². The van der Waals surface area contributed by atoms with Gasteiger partial charge in [0.2, 0.25) is 0 Å². The molecule has 0 aromatic heterocycles. The molecule has 0 aliphatic heterocycles. The number of benzene rings is 1. The molecule has 0 amide bonds. The van der Waals surface area contributed by atoms with E-state index < -0.39 is 0 Å². The first-order chi connectivity index (χ1) is 6.50. The van der Waals surface area contributed by atoms with E-state index in [2.05, 4.69) is 29.8 Å². The number of ketones is 1. The summed E-state index contributed by atoms with van der Waals surface area (Å²) < 4.78 is 0.954. The lowest BCUT2D eigenvalue weighted by Crippen LogP contribution is -2.22. The summed E-state index contributed by atoms with van der Waals surface area (Å²) in [5.74, 6) is 0.0978. The first kappa shape index (κ1) is 9.66. The molecule has 0 bridgehead atoms. The van der Waals surface area contributed by atoms with Crippen molar-refractivity contribution < 1.29 is 4.79 Å². The van der Waals surface area contributed by atoms with Crippen LogP contribution in [0.15, 0.2) is 34.8 Å². The van der Waals surface area contributed by atoms with Crippen molar-refractivity contribution in [3.63, 3.8) is 0 Å². The molecule has 2 rings (SSSR count). The number of carbonyl (C=O) groups is 1. The molecule has 0 saturated heterocycles. The Morgan fingerprint density at radius 2 is 2.00 bits per heavy atom. The highest BCUT2D eigenvalue weighted by molar-refractivity contribution is 9.10. The Kier molecular flexibility index (Phi) is 2.11. The van der Waals surface area contributed by atoms with Gasteiger partial charge in [0, 0.05) is 15.5 Å². The van der Waals surface area contributed by atoms with Crippen LogP contribution in [0.4, 0.5) is 0 Å². The fraction of sp³-hybridized carbons (Fsp3) is 0.250. The zero-order valence-electron chi connectivity index (χ0n) is 8.17. The van der Waals surface area contributed by atoms with Crippen LogP contribution in [0.2, 0.25) is 0 Å². The third kappa shape index (κ3) is 1.44. The average molecular weight is 251 g/mol. The summed E-state index contributed by atoms with van der Waals surface area (Å²) in [5, 5.41) is 0. The number of halogens is 1. The Labute approximate surface area is 92.0 Å². The summed E-state index contributed by atoms with van der Waals surface area (Å²) in [4.78, 5) is 11.6. The van der Waals surface area contributed by atoms with Gasteiger partial charge in [-0.15, -0.1) is 0 Å². The van der Waals surface area contributed by atoms with E-state index in [4.69, 9.17) is 0 Å². The molecule has 72 valence electrons. The topological polar surface area (TPSA) is 17.1 Å². The van der Waals surface area contributed by atoms with E-state index in [1.165, 1.54) is 0 Å². The number of allylic oxidation sites excluding steroid dienone is 2. The van der Waals surface area contributed by atoms with E-state index in [0.29, 0.717) is 0 Å². The van der Waals surface area contributed by atoms with Crippen LogP contribution in [-0.2, 0) is 5.41 Å². The highest BCUT2D eigenvalue weighted by Gasteiger charge is 2.26. The smallest absolute Gasteiger partial charge is 0.185 e. The van der Waals surface area contributed by atoms with Gasteiger partial charge in [-0.2, -0.15) is 0 Å². The highest BCUT2D eigenvalue weighted by Crippen LogP contribution is 2.33. The van der Waals surface area contributed by atoms with Crippen LogP contribution >= 0.6 is 15.9 Å². The molecular weight excluding hydrogens is 240 g/mol. The van der Waals surface area contributed by atoms with Crippen LogP contribution < -0.4 is 0 Å².